The fourth-order valence-electron chi connectivity index (χ4n) is 2.73. The van der Waals surface area contributed by atoms with Crippen molar-refractivity contribution in [2.75, 3.05) is 10.8 Å². The molecule has 1 aliphatic heterocycles. The zero-order valence-corrected chi connectivity index (χ0v) is 14.5. The van der Waals surface area contributed by atoms with Crippen molar-refractivity contribution in [2.24, 2.45) is 0 Å². The lowest BCUT2D eigenvalue weighted by Gasteiger charge is -2.34. The van der Waals surface area contributed by atoms with E-state index in [1.54, 1.807) is 13.0 Å². The van der Waals surface area contributed by atoms with Crippen molar-refractivity contribution in [3.8, 4) is 5.75 Å². The Hall–Kier alpha value is -2.26. The van der Waals surface area contributed by atoms with E-state index < -0.39 is 32.8 Å². The van der Waals surface area contributed by atoms with Gasteiger partial charge in [-0.2, -0.15) is 13.2 Å². The highest BCUT2D eigenvalue weighted by atomic mass is 32.2. The summed E-state index contributed by atoms with van der Waals surface area (Å²) in [5.41, 5.74) is -0.387. The van der Waals surface area contributed by atoms with Gasteiger partial charge in [0.2, 0.25) is 0 Å². The number of alkyl halides is 3. The van der Waals surface area contributed by atoms with Gasteiger partial charge in [0.05, 0.1) is 29.3 Å². The summed E-state index contributed by atoms with van der Waals surface area (Å²) in [5, 5.41) is 9.29. The maximum absolute atomic E-state index is 13.0. The van der Waals surface area contributed by atoms with Gasteiger partial charge in [0.15, 0.2) is 0 Å². The molecule has 3 rings (SSSR count). The lowest BCUT2D eigenvalue weighted by atomic mass is 10.1. The topological polar surface area (TPSA) is 66.8 Å². The Labute approximate surface area is 148 Å². The van der Waals surface area contributed by atoms with Crippen LogP contribution in [0.3, 0.4) is 0 Å². The minimum atomic E-state index is -4.65. The van der Waals surface area contributed by atoms with E-state index in [-0.39, 0.29) is 24.6 Å². The minimum Gasteiger partial charge on any atom is -0.487 e. The summed E-state index contributed by atoms with van der Waals surface area (Å²) in [7, 11) is -4.24. The molecule has 0 aromatic heterocycles. The van der Waals surface area contributed by atoms with E-state index in [2.05, 4.69) is 0 Å². The van der Waals surface area contributed by atoms with Gasteiger partial charge in [-0.05, 0) is 42.8 Å². The molecule has 0 saturated heterocycles. The summed E-state index contributed by atoms with van der Waals surface area (Å²) in [5.74, 6) is 0.288. The number of benzene rings is 2. The number of aliphatic hydroxyl groups excluding tert-OH is 1. The van der Waals surface area contributed by atoms with Crippen LogP contribution in [0.15, 0.2) is 47.4 Å². The van der Waals surface area contributed by atoms with Crippen molar-refractivity contribution in [3.63, 3.8) is 0 Å². The lowest BCUT2D eigenvalue weighted by molar-refractivity contribution is -0.137. The molecule has 1 heterocycles. The van der Waals surface area contributed by atoms with Crippen molar-refractivity contribution in [3.05, 3.63) is 53.6 Å². The highest BCUT2D eigenvalue weighted by molar-refractivity contribution is 7.92. The summed E-state index contributed by atoms with van der Waals surface area (Å²) < 4.78 is 71.5. The standard InChI is InChI=1S/C17H16F3NO4S/c1-11-9-21(15-7-12(10-22)5-6-16(15)25-11)26(23,24)14-4-2-3-13(8-14)17(18,19)20/h2-8,11,22H,9-10H2,1H3. The van der Waals surface area contributed by atoms with Crippen LogP contribution in [0.25, 0.3) is 0 Å². The van der Waals surface area contributed by atoms with E-state index >= 15 is 0 Å². The highest BCUT2D eigenvalue weighted by Crippen LogP contribution is 2.38. The van der Waals surface area contributed by atoms with Crippen LogP contribution in [-0.2, 0) is 22.8 Å². The number of hydrogen-bond donors (Lipinski definition) is 1. The van der Waals surface area contributed by atoms with E-state index in [0.29, 0.717) is 11.6 Å². The minimum absolute atomic E-state index is 0.0551. The summed E-state index contributed by atoms with van der Waals surface area (Å²) in [4.78, 5) is -0.457. The number of nitrogens with zero attached hydrogens (tertiary/aromatic N) is 1. The Morgan fingerprint density at radius 1 is 1.23 bits per heavy atom. The number of aliphatic hydroxyl groups is 1. The number of hydrogen-bond acceptors (Lipinski definition) is 4. The third-order valence-electron chi connectivity index (χ3n) is 3.98. The normalized spacial score (nSPS) is 17.6. The first-order valence-electron chi connectivity index (χ1n) is 7.73. The van der Waals surface area contributed by atoms with Gasteiger partial charge in [-0.15, -0.1) is 0 Å². The fraction of sp³-hybridized carbons (Fsp3) is 0.294. The van der Waals surface area contributed by atoms with Crippen LogP contribution < -0.4 is 9.04 Å². The molecule has 0 bridgehead atoms. The van der Waals surface area contributed by atoms with Crippen molar-refractivity contribution in [1.29, 1.82) is 0 Å². The number of sulfonamides is 1. The van der Waals surface area contributed by atoms with Crippen LogP contribution in [-0.4, -0.2) is 26.2 Å². The van der Waals surface area contributed by atoms with Gasteiger partial charge < -0.3 is 9.84 Å². The first-order valence-corrected chi connectivity index (χ1v) is 9.17. The van der Waals surface area contributed by atoms with Crippen LogP contribution in [0.1, 0.15) is 18.1 Å². The molecule has 1 N–H and O–H groups in total. The molecular formula is C17H16F3NO4S. The number of halogens is 3. The van der Waals surface area contributed by atoms with E-state index in [1.165, 1.54) is 12.1 Å². The lowest BCUT2D eigenvalue weighted by Crippen LogP contribution is -2.42. The van der Waals surface area contributed by atoms with Crippen LogP contribution in [0.5, 0.6) is 5.75 Å². The third-order valence-corrected chi connectivity index (χ3v) is 5.75. The zero-order chi connectivity index (χ0) is 19.1. The van der Waals surface area contributed by atoms with Crippen LogP contribution in [0.4, 0.5) is 18.9 Å². The van der Waals surface area contributed by atoms with Gasteiger partial charge in [0, 0.05) is 0 Å². The quantitative estimate of drug-likeness (QED) is 0.879. The average molecular weight is 387 g/mol. The van der Waals surface area contributed by atoms with Gasteiger partial charge in [-0.1, -0.05) is 12.1 Å². The van der Waals surface area contributed by atoms with Gasteiger partial charge in [-0.3, -0.25) is 4.31 Å². The maximum Gasteiger partial charge on any atom is 0.416 e. The predicted octanol–water partition coefficient (Wildman–Crippen LogP) is 3.17. The molecular weight excluding hydrogens is 371 g/mol. The van der Waals surface area contributed by atoms with Gasteiger partial charge in [0.1, 0.15) is 11.9 Å². The fourth-order valence-corrected chi connectivity index (χ4v) is 4.32. The first kappa shape index (κ1) is 18.5. The van der Waals surface area contributed by atoms with Crippen LogP contribution >= 0.6 is 0 Å². The van der Waals surface area contributed by atoms with E-state index in [0.717, 1.165) is 22.5 Å². The molecule has 0 saturated carbocycles. The molecule has 0 radical (unpaired) electrons. The molecule has 1 unspecified atom stereocenters. The number of ether oxygens (including phenoxy) is 1. The maximum atomic E-state index is 13.0. The Bertz CT molecular complexity index is 928. The largest absolute Gasteiger partial charge is 0.487 e. The SMILES string of the molecule is CC1CN(S(=O)(=O)c2cccc(C(F)(F)F)c2)c2cc(CO)ccc2O1. The Balaban J connectivity index is 2.11. The second kappa shape index (κ2) is 6.48. The third kappa shape index (κ3) is 3.36. The molecule has 0 spiro atoms. The Morgan fingerprint density at radius 2 is 1.96 bits per heavy atom. The van der Waals surface area contributed by atoms with Crippen molar-refractivity contribution in [2.45, 2.75) is 30.7 Å². The molecule has 26 heavy (non-hydrogen) atoms. The van der Waals surface area contributed by atoms with E-state index in [1.807, 2.05) is 0 Å². The number of fused-ring (bicyclic) bond motifs is 1. The molecule has 0 aliphatic carbocycles. The molecule has 0 amide bonds. The molecule has 2 aromatic rings. The zero-order valence-electron chi connectivity index (χ0n) is 13.7. The predicted molar refractivity (Wildman–Crippen MR) is 88.4 cm³/mol. The summed E-state index contributed by atoms with van der Waals surface area (Å²) in [6, 6.07) is 8.19. The Kier molecular flexibility index (Phi) is 4.61. The first-order chi connectivity index (χ1) is 12.1. The molecule has 140 valence electrons. The van der Waals surface area contributed by atoms with E-state index in [4.69, 9.17) is 4.74 Å². The number of rotatable bonds is 3. The van der Waals surface area contributed by atoms with Crippen LogP contribution in [0, 0.1) is 0 Å². The molecule has 5 nitrogen and oxygen atoms in total. The van der Waals surface area contributed by atoms with Gasteiger partial charge in [-0.25, -0.2) is 8.42 Å². The smallest absolute Gasteiger partial charge is 0.416 e. The summed E-state index contributed by atoms with van der Waals surface area (Å²) >= 11 is 0. The Morgan fingerprint density at radius 3 is 2.62 bits per heavy atom. The monoisotopic (exact) mass is 387 g/mol. The second-order valence-corrected chi connectivity index (χ2v) is 7.81. The average Bonchev–Trinajstić information content (AvgIpc) is 2.60. The van der Waals surface area contributed by atoms with Crippen molar-refractivity contribution >= 4 is 15.7 Å². The van der Waals surface area contributed by atoms with Gasteiger partial charge in [0.25, 0.3) is 10.0 Å². The second-order valence-electron chi connectivity index (χ2n) is 5.95. The number of anilines is 1. The van der Waals surface area contributed by atoms with E-state index in [9.17, 15) is 26.7 Å². The summed E-state index contributed by atoms with van der Waals surface area (Å²) in [6.45, 7) is 1.30. The summed E-state index contributed by atoms with van der Waals surface area (Å²) in [6.07, 6.45) is -5.13. The molecule has 2 aromatic carbocycles. The molecule has 1 aliphatic rings. The van der Waals surface area contributed by atoms with Gasteiger partial charge >= 0.3 is 6.18 Å². The van der Waals surface area contributed by atoms with Crippen molar-refractivity contribution < 1.29 is 31.4 Å². The van der Waals surface area contributed by atoms with Crippen molar-refractivity contribution in [1.82, 2.24) is 0 Å². The molecule has 1 atom stereocenters. The molecule has 9 heteroatoms. The highest BCUT2D eigenvalue weighted by Gasteiger charge is 2.36. The van der Waals surface area contributed by atoms with Crippen LogP contribution in [0.2, 0.25) is 0 Å². The molecule has 0 fully saturated rings.